The normalized spacial score (nSPS) is 14.8. The molecule has 0 aromatic heterocycles. The molecule has 1 aromatic carbocycles. The highest BCUT2D eigenvalue weighted by Gasteiger charge is 2.36. The molecule has 0 unspecified atom stereocenters. The highest BCUT2D eigenvalue weighted by molar-refractivity contribution is 6.74. The second kappa shape index (κ2) is 8.81. The minimum absolute atomic E-state index is 0.262. The Hall–Kier alpha value is -0.903. The van der Waals surface area contributed by atoms with E-state index in [1.165, 1.54) is 11.1 Å². The zero-order chi connectivity index (χ0) is 17.5. The average molecular weight is 335 g/mol. The van der Waals surface area contributed by atoms with Crippen LogP contribution in [0.15, 0.2) is 42.0 Å². The largest absolute Gasteiger partial charge is 0.413 e. The first kappa shape index (κ1) is 20.1. The lowest BCUT2D eigenvalue weighted by Crippen LogP contribution is -2.41. The maximum atomic E-state index is 6.26. The fourth-order valence-corrected chi connectivity index (χ4v) is 3.05. The third-order valence-corrected chi connectivity index (χ3v) is 9.01. The van der Waals surface area contributed by atoms with Gasteiger partial charge in [-0.3, -0.25) is 0 Å². The van der Waals surface area contributed by atoms with Gasteiger partial charge in [0.2, 0.25) is 0 Å². The number of ether oxygens (including phenoxy) is 1. The second-order valence-corrected chi connectivity index (χ2v) is 12.8. The molecule has 0 heterocycles. The minimum atomic E-state index is -1.66. The molecule has 0 N–H and O–H groups in total. The van der Waals surface area contributed by atoms with E-state index in [2.05, 4.69) is 65.9 Å². The van der Waals surface area contributed by atoms with Crippen molar-refractivity contribution in [3.8, 4) is 0 Å². The average Bonchev–Trinajstić information content (AvgIpc) is 2.45. The monoisotopic (exact) mass is 334 g/mol. The van der Waals surface area contributed by atoms with Gasteiger partial charge >= 0.3 is 0 Å². The van der Waals surface area contributed by atoms with Crippen LogP contribution in [0.3, 0.4) is 0 Å². The molecule has 130 valence electrons. The molecule has 0 aliphatic rings. The van der Waals surface area contributed by atoms with Gasteiger partial charge in [-0.2, -0.15) is 0 Å². The van der Waals surface area contributed by atoms with E-state index in [4.69, 9.17) is 9.16 Å². The Labute approximate surface area is 144 Å². The fraction of sp³-hybridized carbons (Fsp3) is 0.600. The summed E-state index contributed by atoms with van der Waals surface area (Å²) in [7, 11) is -1.66. The third-order valence-electron chi connectivity index (χ3n) is 4.53. The molecule has 0 saturated heterocycles. The van der Waals surface area contributed by atoms with E-state index in [-0.39, 0.29) is 5.04 Å². The molecular weight excluding hydrogens is 300 g/mol. The smallest absolute Gasteiger partial charge is 0.192 e. The summed E-state index contributed by atoms with van der Waals surface area (Å²) in [4.78, 5) is 0. The van der Waals surface area contributed by atoms with Crippen LogP contribution in [0.1, 0.15) is 40.2 Å². The molecular formula is C20H34O2Si. The molecule has 0 aliphatic carbocycles. The van der Waals surface area contributed by atoms with Crippen LogP contribution in [0, 0.1) is 5.92 Å². The van der Waals surface area contributed by atoms with Crippen LogP contribution in [-0.2, 0) is 15.8 Å². The van der Waals surface area contributed by atoms with Gasteiger partial charge < -0.3 is 9.16 Å². The van der Waals surface area contributed by atoms with E-state index >= 15 is 0 Å². The summed E-state index contributed by atoms with van der Waals surface area (Å²) in [6.45, 7) is 17.9. The van der Waals surface area contributed by atoms with Gasteiger partial charge in [0, 0.05) is 0 Å². The van der Waals surface area contributed by atoms with Gasteiger partial charge in [-0.25, -0.2) is 0 Å². The zero-order valence-electron chi connectivity index (χ0n) is 16.0. The first-order valence-electron chi connectivity index (χ1n) is 8.55. The van der Waals surface area contributed by atoms with Gasteiger partial charge in [-0.05, 0) is 36.5 Å². The Kier molecular flexibility index (Phi) is 7.72. The molecule has 23 heavy (non-hydrogen) atoms. The van der Waals surface area contributed by atoms with Crippen molar-refractivity contribution >= 4 is 8.32 Å². The van der Waals surface area contributed by atoms with Gasteiger partial charge in [0.15, 0.2) is 8.32 Å². The van der Waals surface area contributed by atoms with E-state index in [9.17, 15) is 0 Å². The summed E-state index contributed by atoms with van der Waals surface area (Å²) in [5.74, 6) is 0.404. The van der Waals surface area contributed by atoms with E-state index in [0.717, 1.165) is 13.2 Å². The first-order valence-corrected chi connectivity index (χ1v) is 11.5. The first-order chi connectivity index (χ1) is 10.6. The second-order valence-electron chi connectivity index (χ2n) is 8.04. The summed E-state index contributed by atoms with van der Waals surface area (Å²) >= 11 is 0. The number of rotatable bonds is 8. The molecule has 3 heteroatoms. The Balaban J connectivity index is 2.36. The number of hydrogen-bond donors (Lipinski definition) is 0. The Bertz CT molecular complexity index is 486. The standard InChI is InChI=1S/C20H34O2Si/c1-17(14-21-16-19-11-9-8-10-12-19)13-18(2)15-22-23(6,7)20(3,4)5/h8-13,17H,14-16H2,1-7H3/b18-13+/t17-/m1/s1. The molecule has 1 atom stereocenters. The summed E-state index contributed by atoms with van der Waals surface area (Å²) in [6, 6.07) is 10.3. The summed E-state index contributed by atoms with van der Waals surface area (Å²) in [6.07, 6.45) is 2.28. The Morgan fingerprint density at radius 2 is 1.78 bits per heavy atom. The molecule has 0 spiro atoms. The highest BCUT2D eigenvalue weighted by Crippen LogP contribution is 2.36. The molecule has 1 rings (SSSR count). The van der Waals surface area contributed by atoms with Crippen LogP contribution < -0.4 is 0 Å². The maximum absolute atomic E-state index is 6.26. The van der Waals surface area contributed by atoms with Gasteiger partial charge in [-0.15, -0.1) is 0 Å². The molecule has 0 radical (unpaired) electrons. The van der Waals surface area contributed by atoms with Crippen molar-refractivity contribution in [1.82, 2.24) is 0 Å². The van der Waals surface area contributed by atoms with Crippen LogP contribution in [0.4, 0.5) is 0 Å². The third kappa shape index (κ3) is 7.47. The fourth-order valence-electron chi connectivity index (χ4n) is 2.03. The molecule has 0 bridgehead atoms. The van der Waals surface area contributed by atoms with E-state index in [1.54, 1.807) is 0 Å². The molecule has 0 fully saturated rings. The quantitative estimate of drug-likeness (QED) is 0.441. The Morgan fingerprint density at radius 3 is 2.35 bits per heavy atom. The van der Waals surface area contributed by atoms with Crippen LogP contribution in [0.25, 0.3) is 0 Å². The van der Waals surface area contributed by atoms with Crippen molar-refractivity contribution < 1.29 is 9.16 Å². The van der Waals surface area contributed by atoms with Crippen LogP contribution in [0.5, 0.6) is 0 Å². The molecule has 0 amide bonds. The van der Waals surface area contributed by atoms with Crippen molar-refractivity contribution in [2.45, 2.75) is 59.4 Å². The van der Waals surface area contributed by atoms with Crippen molar-refractivity contribution in [3.63, 3.8) is 0 Å². The highest BCUT2D eigenvalue weighted by atomic mass is 28.4. The van der Waals surface area contributed by atoms with Crippen LogP contribution >= 0.6 is 0 Å². The van der Waals surface area contributed by atoms with E-state index < -0.39 is 8.32 Å². The van der Waals surface area contributed by atoms with Gasteiger partial charge in [-0.1, -0.05) is 69.7 Å². The van der Waals surface area contributed by atoms with Gasteiger partial charge in [0.25, 0.3) is 0 Å². The molecule has 0 saturated carbocycles. The van der Waals surface area contributed by atoms with Crippen LogP contribution in [0.2, 0.25) is 18.1 Å². The van der Waals surface area contributed by atoms with Gasteiger partial charge in [0.1, 0.15) is 0 Å². The Morgan fingerprint density at radius 1 is 1.17 bits per heavy atom. The topological polar surface area (TPSA) is 18.5 Å². The lowest BCUT2D eigenvalue weighted by molar-refractivity contribution is 0.103. The van der Waals surface area contributed by atoms with Crippen molar-refractivity contribution in [2.24, 2.45) is 5.92 Å². The summed E-state index contributed by atoms with van der Waals surface area (Å²) in [5.41, 5.74) is 2.52. The molecule has 1 aromatic rings. The lowest BCUT2D eigenvalue weighted by atomic mass is 10.1. The molecule has 0 aliphatic heterocycles. The van der Waals surface area contributed by atoms with Crippen molar-refractivity contribution in [1.29, 1.82) is 0 Å². The zero-order valence-corrected chi connectivity index (χ0v) is 17.0. The van der Waals surface area contributed by atoms with Crippen LogP contribution in [-0.4, -0.2) is 21.5 Å². The minimum Gasteiger partial charge on any atom is -0.413 e. The number of hydrogen-bond acceptors (Lipinski definition) is 2. The number of benzene rings is 1. The predicted octanol–water partition coefficient (Wildman–Crippen LogP) is 5.81. The lowest BCUT2D eigenvalue weighted by Gasteiger charge is -2.36. The van der Waals surface area contributed by atoms with E-state index in [0.29, 0.717) is 12.5 Å². The van der Waals surface area contributed by atoms with Crippen molar-refractivity contribution in [2.75, 3.05) is 13.2 Å². The summed E-state index contributed by atoms with van der Waals surface area (Å²) in [5, 5.41) is 0.262. The summed E-state index contributed by atoms with van der Waals surface area (Å²) < 4.78 is 12.1. The molecule has 2 nitrogen and oxygen atoms in total. The van der Waals surface area contributed by atoms with E-state index in [1.807, 2.05) is 18.2 Å². The predicted molar refractivity (Wildman–Crippen MR) is 102 cm³/mol. The van der Waals surface area contributed by atoms with Gasteiger partial charge in [0.05, 0.1) is 19.8 Å². The SMILES string of the molecule is C/C(=C\[C@@H](C)COCc1ccccc1)CO[Si](C)(C)C(C)(C)C. The maximum Gasteiger partial charge on any atom is 0.192 e. The van der Waals surface area contributed by atoms with Crippen molar-refractivity contribution in [3.05, 3.63) is 47.5 Å².